The van der Waals surface area contributed by atoms with Crippen LogP contribution in [0.1, 0.15) is 35.7 Å². The van der Waals surface area contributed by atoms with E-state index in [9.17, 15) is 4.79 Å². The van der Waals surface area contributed by atoms with Crippen molar-refractivity contribution in [3.8, 4) is 0 Å². The summed E-state index contributed by atoms with van der Waals surface area (Å²) in [6.07, 6.45) is 3.02. The molecule has 3 heterocycles. The van der Waals surface area contributed by atoms with Gasteiger partial charge in [0.15, 0.2) is 0 Å². The van der Waals surface area contributed by atoms with Crippen molar-refractivity contribution in [3.05, 3.63) is 29.3 Å². The van der Waals surface area contributed by atoms with Crippen LogP contribution in [0.5, 0.6) is 0 Å². The first-order chi connectivity index (χ1) is 9.20. The summed E-state index contributed by atoms with van der Waals surface area (Å²) in [6.45, 7) is 4.61. The van der Waals surface area contributed by atoms with Crippen molar-refractivity contribution in [1.29, 1.82) is 0 Å². The van der Waals surface area contributed by atoms with Gasteiger partial charge < -0.3 is 4.98 Å². The molecule has 2 aliphatic heterocycles. The molecule has 1 aromatic carbocycles. The van der Waals surface area contributed by atoms with Crippen molar-refractivity contribution >= 4 is 29.2 Å². The van der Waals surface area contributed by atoms with Gasteiger partial charge in [0.2, 0.25) is 0 Å². The van der Waals surface area contributed by atoms with Gasteiger partial charge in [0, 0.05) is 34.2 Å². The minimum atomic E-state index is 0.554. The summed E-state index contributed by atoms with van der Waals surface area (Å²) in [5.41, 5.74) is 3.12. The normalized spacial score (nSPS) is 31.7. The molecule has 96 valence electrons. The molecule has 3 nitrogen and oxygen atoms in total. The molecular weight excluding hydrogens is 236 g/mol. The molecule has 1 fully saturated rings. The van der Waals surface area contributed by atoms with E-state index in [2.05, 4.69) is 30.0 Å². The summed E-state index contributed by atoms with van der Waals surface area (Å²) in [5, 5.41) is 1.17. The summed E-state index contributed by atoms with van der Waals surface area (Å²) in [7, 11) is 0. The molecule has 3 heteroatoms. The van der Waals surface area contributed by atoms with E-state index in [4.69, 9.17) is 0 Å². The Hall–Kier alpha value is -1.90. The first kappa shape index (κ1) is 11.0. The monoisotopic (exact) mass is 252 g/mol. The zero-order chi connectivity index (χ0) is 13.1. The third-order valence-electron chi connectivity index (χ3n) is 5.03. The quantitative estimate of drug-likeness (QED) is 0.773. The van der Waals surface area contributed by atoms with Crippen LogP contribution in [0.3, 0.4) is 0 Å². The van der Waals surface area contributed by atoms with Gasteiger partial charge in [-0.1, -0.05) is 13.8 Å². The molecule has 1 aromatic heterocycles. The number of carbonyl (C=O) groups excluding carboxylic acids is 1. The van der Waals surface area contributed by atoms with Crippen LogP contribution in [0.2, 0.25) is 0 Å². The lowest BCUT2D eigenvalue weighted by Crippen LogP contribution is -2.41. The molecule has 3 aliphatic rings. The smallest absolute Gasteiger partial charge is 0.150 e. The first-order valence-corrected chi connectivity index (χ1v) is 6.85. The molecule has 1 aliphatic carbocycles. The fourth-order valence-electron chi connectivity index (χ4n) is 3.98. The number of aliphatic imine (C=N–C) groups is 1. The number of benzene rings is 1. The highest BCUT2D eigenvalue weighted by Crippen LogP contribution is 2.56. The predicted molar refractivity (Wildman–Crippen MR) is 76.4 cm³/mol. The fourth-order valence-corrected chi connectivity index (χ4v) is 3.98. The van der Waals surface area contributed by atoms with E-state index in [0.29, 0.717) is 23.7 Å². The van der Waals surface area contributed by atoms with Crippen LogP contribution in [-0.4, -0.2) is 17.5 Å². The molecule has 0 spiro atoms. The Kier molecular flexibility index (Phi) is 2.06. The van der Waals surface area contributed by atoms with Gasteiger partial charge in [0.25, 0.3) is 0 Å². The van der Waals surface area contributed by atoms with E-state index in [1.54, 1.807) is 0 Å². The van der Waals surface area contributed by atoms with Crippen LogP contribution in [0, 0.1) is 17.8 Å². The molecule has 2 atom stereocenters. The second-order valence-corrected chi connectivity index (χ2v) is 5.91. The van der Waals surface area contributed by atoms with Gasteiger partial charge >= 0.3 is 0 Å². The first-order valence-electron chi connectivity index (χ1n) is 6.85. The molecule has 2 aromatic rings. The van der Waals surface area contributed by atoms with E-state index >= 15 is 0 Å². The third kappa shape index (κ3) is 1.28. The molecule has 2 unspecified atom stereocenters. The maximum Gasteiger partial charge on any atom is 0.150 e. The summed E-state index contributed by atoms with van der Waals surface area (Å²) < 4.78 is 0. The second kappa shape index (κ2) is 3.56. The summed E-state index contributed by atoms with van der Waals surface area (Å²) in [5.74, 6) is 3.41. The van der Waals surface area contributed by atoms with Crippen molar-refractivity contribution in [2.24, 2.45) is 22.7 Å². The fraction of sp³-hybridized carbons (Fsp3) is 0.375. The van der Waals surface area contributed by atoms with Crippen LogP contribution < -0.4 is 0 Å². The third-order valence-corrected chi connectivity index (χ3v) is 5.03. The topological polar surface area (TPSA) is 45.2 Å². The number of fused-ring (bicyclic) bond motifs is 1. The SMILES string of the molecule is CC1C2C=Nc3[nH]c4ccc(C=O)cc4c3C1C2C. The minimum absolute atomic E-state index is 0.554. The Morgan fingerprint density at radius 2 is 2.05 bits per heavy atom. The van der Waals surface area contributed by atoms with Crippen molar-refractivity contribution < 1.29 is 4.79 Å². The number of hydrogen-bond donors (Lipinski definition) is 1. The number of hydrogen-bond acceptors (Lipinski definition) is 2. The number of rotatable bonds is 1. The maximum atomic E-state index is 11.0. The van der Waals surface area contributed by atoms with Gasteiger partial charge in [-0.25, -0.2) is 4.99 Å². The van der Waals surface area contributed by atoms with Gasteiger partial charge in [-0.15, -0.1) is 0 Å². The van der Waals surface area contributed by atoms with Crippen LogP contribution in [0.4, 0.5) is 5.82 Å². The highest BCUT2D eigenvalue weighted by molar-refractivity contribution is 5.94. The zero-order valence-electron chi connectivity index (χ0n) is 11.1. The molecule has 0 amide bonds. The number of nitrogens with zero attached hydrogens (tertiary/aromatic N) is 1. The average molecular weight is 252 g/mol. The summed E-state index contributed by atoms with van der Waals surface area (Å²) in [4.78, 5) is 19.0. The standard InChI is InChI=1S/C16H16N2O/c1-8-12-6-17-16-15(14(8)9(12)2)11-5-10(7-19)3-4-13(11)18-16/h3-9,12,14,18H,1-2H3. The number of nitrogens with one attached hydrogen (secondary N) is 1. The van der Waals surface area contributed by atoms with Crippen LogP contribution >= 0.6 is 0 Å². The Labute approximate surface area is 111 Å². The number of H-pyrrole nitrogens is 1. The molecule has 0 saturated heterocycles. The molecule has 19 heavy (non-hydrogen) atoms. The highest BCUT2D eigenvalue weighted by atomic mass is 16.1. The maximum absolute atomic E-state index is 11.0. The van der Waals surface area contributed by atoms with Gasteiger partial charge in [0.1, 0.15) is 12.1 Å². The average Bonchev–Trinajstić information content (AvgIpc) is 2.60. The van der Waals surface area contributed by atoms with E-state index < -0.39 is 0 Å². The molecule has 5 rings (SSSR count). The summed E-state index contributed by atoms with van der Waals surface area (Å²) >= 11 is 0. The molecule has 2 bridgehead atoms. The minimum Gasteiger partial charge on any atom is -0.339 e. The largest absolute Gasteiger partial charge is 0.339 e. The highest BCUT2D eigenvalue weighted by Gasteiger charge is 2.48. The molecule has 1 N–H and O–H groups in total. The van der Waals surface area contributed by atoms with Crippen LogP contribution in [0.15, 0.2) is 23.2 Å². The Morgan fingerprint density at radius 1 is 1.26 bits per heavy atom. The van der Waals surface area contributed by atoms with E-state index in [-0.39, 0.29) is 0 Å². The van der Waals surface area contributed by atoms with Crippen molar-refractivity contribution in [3.63, 3.8) is 0 Å². The lowest BCUT2D eigenvalue weighted by molar-refractivity contribution is 0.112. The molecular formula is C16H16N2O. The molecule has 0 radical (unpaired) electrons. The summed E-state index contributed by atoms with van der Waals surface area (Å²) in [6, 6.07) is 5.82. The Bertz CT molecular complexity index is 703. The van der Waals surface area contributed by atoms with E-state index in [1.807, 2.05) is 18.2 Å². The Balaban J connectivity index is 2.02. The van der Waals surface area contributed by atoms with Crippen LogP contribution in [-0.2, 0) is 0 Å². The van der Waals surface area contributed by atoms with E-state index in [1.165, 1.54) is 10.9 Å². The van der Waals surface area contributed by atoms with Crippen LogP contribution in [0.25, 0.3) is 10.9 Å². The van der Waals surface area contributed by atoms with E-state index in [0.717, 1.165) is 23.2 Å². The Morgan fingerprint density at radius 3 is 2.79 bits per heavy atom. The van der Waals surface area contributed by atoms with Gasteiger partial charge in [-0.3, -0.25) is 4.79 Å². The zero-order valence-corrected chi connectivity index (χ0v) is 11.1. The number of carbonyl (C=O) groups is 1. The lowest BCUT2D eigenvalue weighted by Gasteiger charge is -2.46. The van der Waals surface area contributed by atoms with Gasteiger partial charge in [-0.05, 0) is 36.0 Å². The van der Waals surface area contributed by atoms with Crippen molar-refractivity contribution in [1.82, 2.24) is 4.98 Å². The van der Waals surface area contributed by atoms with Gasteiger partial charge in [-0.2, -0.15) is 0 Å². The molecule has 1 saturated carbocycles. The number of aldehydes is 1. The van der Waals surface area contributed by atoms with Gasteiger partial charge in [0.05, 0.1) is 0 Å². The number of aromatic nitrogens is 1. The predicted octanol–water partition coefficient (Wildman–Crippen LogP) is 3.68. The number of aromatic amines is 1. The second-order valence-electron chi connectivity index (χ2n) is 5.91. The van der Waals surface area contributed by atoms with Crippen molar-refractivity contribution in [2.75, 3.05) is 0 Å². The van der Waals surface area contributed by atoms with Crippen molar-refractivity contribution in [2.45, 2.75) is 19.8 Å². The lowest BCUT2D eigenvalue weighted by atomic mass is 9.56.